The molecule has 0 bridgehead atoms. The lowest BCUT2D eigenvalue weighted by Gasteiger charge is -2.30. The minimum Gasteiger partial charge on any atom is -0.268 e. The highest BCUT2D eigenvalue weighted by Gasteiger charge is 2.32. The van der Waals surface area contributed by atoms with Gasteiger partial charge in [-0.15, -0.1) is 0 Å². The molecule has 0 N–H and O–H groups in total. The zero-order valence-electron chi connectivity index (χ0n) is 20.2. The van der Waals surface area contributed by atoms with Crippen LogP contribution in [0.15, 0.2) is 94.6 Å². The Morgan fingerprint density at radius 1 is 0.857 bits per heavy atom. The van der Waals surface area contributed by atoms with Gasteiger partial charge in [0, 0.05) is 6.54 Å². The minimum absolute atomic E-state index is 0.216. The molecule has 7 heteroatoms. The first kappa shape index (κ1) is 24.8. The van der Waals surface area contributed by atoms with Crippen LogP contribution in [0.3, 0.4) is 0 Å². The second-order valence-corrected chi connectivity index (χ2v) is 10.5. The molecule has 4 aromatic rings. The van der Waals surface area contributed by atoms with E-state index in [-0.39, 0.29) is 10.5 Å². The van der Waals surface area contributed by atoms with Crippen LogP contribution in [0.2, 0.25) is 0 Å². The van der Waals surface area contributed by atoms with Crippen LogP contribution < -0.4 is 5.56 Å². The summed E-state index contributed by atoms with van der Waals surface area (Å²) in [4.78, 5) is 18.7. The second kappa shape index (κ2) is 11.0. The lowest BCUT2D eigenvalue weighted by Crippen LogP contribution is -2.38. The third kappa shape index (κ3) is 5.21. The summed E-state index contributed by atoms with van der Waals surface area (Å²) in [5, 5.41) is 0.493. The number of hydrogen-bond donors (Lipinski definition) is 0. The Kier molecular flexibility index (Phi) is 7.78. The van der Waals surface area contributed by atoms with Crippen LogP contribution >= 0.6 is 0 Å². The maximum absolute atomic E-state index is 13.8. The quantitative estimate of drug-likeness (QED) is 0.267. The molecular formula is C28H31N3O3S. The Labute approximate surface area is 206 Å². The molecule has 0 spiro atoms. The number of sulfonamides is 1. The van der Waals surface area contributed by atoms with Crippen molar-refractivity contribution in [2.75, 3.05) is 6.54 Å². The summed E-state index contributed by atoms with van der Waals surface area (Å²) < 4.78 is 30.7. The number of nitrogens with zero attached hydrogens (tertiary/aromatic N) is 3. The molecule has 182 valence electrons. The molecule has 0 radical (unpaired) electrons. The van der Waals surface area contributed by atoms with Gasteiger partial charge in [0.2, 0.25) is 10.0 Å². The smallest absolute Gasteiger partial charge is 0.266 e. The van der Waals surface area contributed by atoms with Crippen LogP contribution in [0.25, 0.3) is 16.6 Å². The van der Waals surface area contributed by atoms with Gasteiger partial charge in [-0.3, -0.25) is 9.36 Å². The Hall–Kier alpha value is -3.29. The molecule has 1 unspecified atom stereocenters. The van der Waals surface area contributed by atoms with Crippen LogP contribution in [0.4, 0.5) is 0 Å². The molecule has 0 aliphatic rings. The summed E-state index contributed by atoms with van der Waals surface area (Å²) in [7, 11) is -3.82. The molecule has 0 aliphatic carbocycles. The van der Waals surface area contributed by atoms with E-state index >= 15 is 0 Å². The Balaban J connectivity index is 1.89. The molecule has 0 saturated heterocycles. The standard InChI is InChI=1S/C28H31N3O3S/c1-3-4-5-14-21-30(35(33,34)24-17-10-7-11-18-24)22(2)27-29-26-20-13-12-19-25(26)28(32)31(27)23-15-8-6-9-16-23/h6-13,15-20,22H,3-5,14,21H2,1-2H3. The fourth-order valence-corrected chi connectivity index (χ4v) is 5.98. The first-order valence-electron chi connectivity index (χ1n) is 12.1. The number of unbranched alkanes of at least 4 members (excludes halogenated alkanes) is 3. The van der Waals surface area contributed by atoms with Crippen LogP contribution in [-0.2, 0) is 10.0 Å². The fourth-order valence-electron chi connectivity index (χ4n) is 4.33. The van der Waals surface area contributed by atoms with Gasteiger partial charge in [0.25, 0.3) is 5.56 Å². The lowest BCUT2D eigenvalue weighted by molar-refractivity contribution is 0.319. The normalized spacial score (nSPS) is 12.8. The predicted molar refractivity (Wildman–Crippen MR) is 140 cm³/mol. The molecule has 0 aliphatic heterocycles. The number of fused-ring (bicyclic) bond motifs is 1. The summed E-state index contributed by atoms with van der Waals surface area (Å²) in [5.41, 5.74) is 0.988. The summed E-state index contributed by atoms with van der Waals surface area (Å²) in [6.45, 7) is 4.28. The van der Waals surface area contributed by atoms with Gasteiger partial charge in [-0.05, 0) is 49.7 Å². The summed E-state index contributed by atoms with van der Waals surface area (Å²) in [5.74, 6) is 0.398. The third-order valence-corrected chi connectivity index (χ3v) is 8.19. The molecular weight excluding hydrogens is 458 g/mol. The average molecular weight is 490 g/mol. The SMILES string of the molecule is CCCCCCN(C(C)c1nc2ccccc2c(=O)n1-c1ccccc1)S(=O)(=O)c1ccccc1. The summed E-state index contributed by atoms with van der Waals surface area (Å²) >= 11 is 0. The zero-order valence-corrected chi connectivity index (χ0v) is 21.0. The second-order valence-electron chi connectivity index (χ2n) is 8.63. The first-order valence-corrected chi connectivity index (χ1v) is 13.5. The predicted octanol–water partition coefficient (Wildman–Crippen LogP) is 5.72. The van der Waals surface area contributed by atoms with Crippen molar-refractivity contribution in [3.63, 3.8) is 0 Å². The van der Waals surface area contributed by atoms with Gasteiger partial charge < -0.3 is 0 Å². The van der Waals surface area contributed by atoms with Crippen LogP contribution in [0.1, 0.15) is 51.4 Å². The molecule has 6 nitrogen and oxygen atoms in total. The Bertz CT molecular complexity index is 1440. The summed E-state index contributed by atoms with van der Waals surface area (Å²) in [6, 6.07) is 24.3. The number of para-hydroxylation sites is 2. The van der Waals surface area contributed by atoms with Gasteiger partial charge in [0.15, 0.2) is 0 Å². The molecule has 0 saturated carbocycles. The topological polar surface area (TPSA) is 72.3 Å². The van der Waals surface area contributed by atoms with E-state index < -0.39 is 16.1 Å². The molecule has 0 fully saturated rings. The lowest BCUT2D eigenvalue weighted by atomic mass is 10.2. The van der Waals surface area contributed by atoms with Gasteiger partial charge in [0.1, 0.15) is 5.82 Å². The van der Waals surface area contributed by atoms with Crippen molar-refractivity contribution in [2.24, 2.45) is 0 Å². The molecule has 35 heavy (non-hydrogen) atoms. The van der Waals surface area contributed by atoms with E-state index in [0.29, 0.717) is 29.0 Å². The Morgan fingerprint density at radius 3 is 2.17 bits per heavy atom. The molecule has 1 aromatic heterocycles. The molecule has 0 amide bonds. The minimum atomic E-state index is -3.82. The third-order valence-electron chi connectivity index (χ3n) is 6.20. The highest BCUT2D eigenvalue weighted by atomic mass is 32.2. The van der Waals surface area contributed by atoms with Gasteiger partial charge in [-0.25, -0.2) is 13.4 Å². The van der Waals surface area contributed by atoms with Gasteiger partial charge in [0.05, 0.1) is 27.5 Å². The largest absolute Gasteiger partial charge is 0.268 e. The average Bonchev–Trinajstić information content (AvgIpc) is 2.89. The van der Waals surface area contributed by atoms with Gasteiger partial charge in [-0.1, -0.05) is 74.7 Å². The summed E-state index contributed by atoms with van der Waals surface area (Å²) in [6.07, 6.45) is 3.76. The molecule has 4 rings (SSSR count). The van der Waals surface area contributed by atoms with Crippen LogP contribution in [-0.4, -0.2) is 28.8 Å². The van der Waals surface area contributed by atoms with E-state index in [1.165, 1.54) is 4.31 Å². The maximum Gasteiger partial charge on any atom is 0.266 e. The van der Waals surface area contributed by atoms with Crippen molar-refractivity contribution in [1.82, 2.24) is 13.9 Å². The van der Waals surface area contributed by atoms with Crippen molar-refractivity contribution in [3.8, 4) is 5.69 Å². The van der Waals surface area contributed by atoms with E-state index in [2.05, 4.69) is 6.92 Å². The van der Waals surface area contributed by atoms with Crippen molar-refractivity contribution < 1.29 is 8.42 Å². The van der Waals surface area contributed by atoms with E-state index in [4.69, 9.17) is 4.98 Å². The van der Waals surface area contributed by atoms with Crippen molar-refractivity contribution in [3.05, 3.63) is 101 Å². The van der Waals surface area contributed by atoms with E-state index in [9.17, 15) is 13.2 Å². The number of aromatic nitrogens is 2. The van der Waals surface area contributed by atoms with E-state index in [1.54, 1.807) is 47.0 Å². The number of benzene rings is 3. The van der Waals surface area contributed by atoms with Gasteiger partial charge in [-0.2, -0.15) is 4.31 Å². The van der Waals surface area contributed by atoms with Crippen molar-refractivity contribution >= 4 is 20.9 Å². The molecule has 1 heterocycles. The molecule has 1 atom stereocenters. The van der Waals surface area contributed by atoms with Crippen LogP contribution in [0, 0.1) is 0 Å². The first-order chi connectivity index (χ1) is 16.9. The highest BCUT2D eigenvalue weighted by molar-refractivity contribution is 7.89. The maximum atomic E-state index is 13.8. The number of hydrogen-bond acceptors (Lipinski definition) is 4. The van der Waals surface area contributed by atoms with Crippen molar-refractivity contribution in [1.29, 1.82) is 0 Å². The zero-order chi connectivity index (χ0) is 24.8. The monoisotopic (exact) mass is 489 g/mol. The van der Waals surface area contributed by atoms with Gasteiger partial charge >= 0.3 is 0 Å². The van der Waals surface area contributed by atoms with Crippen LogP contribution in [0.5, 0.6) is 0 Å². The van der Waals surface area contributed by atoms with E-state index in [1.807, 2.05) is 49.4 Å². The molecule has 3 aromatic carbocycles. The Morgan fingerprint density at radius 2 is 1.49 bits per heavy atom. The van der Waals surface area contributed by atoms with Crippen molar-refractivity contribution in [2.45, 2.75) is 50.5 Å². The van der Waals surface area contributed by atoms with E-state index in [0.717, 1.165) is 25.7 Å². The fraction of sp³-hybridized carbons (Fsp3) is 0.286. The highest BCUT2D eigenvalue weighted by Crippen LogP contribution is 2.29. The number of rotatable bonds is 10.